The monoisotopic (exact) mass is 975 g/mol. The number of esters is 2. The van der Waals surface area contributed by atoms with Gasteiger partial charge < -0.3 is 14.2 Å². The van der Waals surface area contributed by atoms with Gasteiger partial charge in [0.25, 0.3) is 0 Å². The molecule has 0 heterocycles. The molecule has 0 bridgehead atoms. The van der Waals surface area contributed by atoms with Gasteiger partial charge >= 0.3 is 11.9 Å². The zero-order valence-electron chi connectivity index (χ0n) is 46.5. The molecular weight excluding hydrogens is 861 g/mol. The molecule has 70 heavy (non-hydrogen) atoms. The lowest BCUT2D eigenvalue weighted by Crippen LogP contribution is -2.30. The molecule has 0 radical (unpaired) electrons. The van der Waals surface area contributed by atoms with Crippen LogP contribution in [0.5, 0.6) is 0 Å². The Bertz CT molecular complexity index is 1290. The Morgan fingerprint density at radius 1 is 0.329 bits per heavy atom. The van der Waals surface area contributed by atoms with Gasteiger partial charge in [0.1, 0.15) is 6.61 Å². The summed E-state index contributed by atoms with van der Waals surface area (Å²) in [7, 11) is 0. The van der Waals surface area contributed by atoms with Crippen LogP contribution < -0.4 is 0 Å². The number of unbranched alkanes of at least 4 members (excludes halogenated alkanes) is 30. The van der Waals surface area contributed by atoms with Gasteiger partial charge in [-0.05, 0) is 116 Å². The minimum atomic E-state index is -0.558. The second kappa shape index (κ2) is 60.4. The van der Waals surface area contributed by atoms with Gasteiger partial charge in [-0.1, -0.05) is 247 Å². The summed E-state index contributed by atoms with van der Waals surface area (Å²) in [6.45, 7) is 7.69. The Hall–Kier alpha value is -2.92. The van der Waals surface area contributed by atoms with Gasteiger partial charge in [0.05, 0.1) is 6.61 Å². The van der Waals surface area contributed by atoms with Crippen molar-refractivity contribution in [2.45, 2.75) is 297 Å². The number of rotatable bonds is 55. The Kier molecular flexibility index (Phi) is 57.9. The lowest BCUT2D eigenvalue weighted by atomic mass is 10.1. The molecule has 0 amide bonds. The second-order valence-electron chi connectivity index (χ2n) is 19.9. The van der Waals surface area contributed by atoms with Crippen molar-refractivity contribution in [3.8, 4) is 0 Å². The molecule has 0 aromatic rings. The van der Waals surface area contributed by atoms with E-state index in [1.54, 1.807) is 0 Å². The van der Waals surface area contributed by atoms with Crippen LogP contribution in [0.3, 0.4) is 0 Å². The molecule has 5 heteroatoms. The predicted molar refractivity (Wildman–Crippen MR) is 307 cm³/mol. The lowest BCUT2D eigenvalue weighted by molar-refractivity contribution is -0.163. The number of allylic oxidation sites excluding steroid dienone is 14. The van der Waals surface area contributed by atoms with Gasteiger partial charge in [0.15, 0.2) is 6.10 Å². The normalized spacial score (nSPS) is 12.8. The van der Waals surface area contributed by atoms with Gasteiger partial charge in [0.2, 0.25) is 0 Å². The molecule has 0 N–H and O–H groups in total. The molecule has 0 aromatic heterocycles. The quantitative estimate of drug-likeness (QED) is 0.0345. The van der Waals surface area contributed by atoms with Crippen LogP contribution in [0.15, 0.2) is 85.1 Å². The van der Waals surface area contributed by atoms with Crippen molar-refractivity contribution in [1.82, 2.24) is 0 Å². The van der Waals surface area contributed by atoms with Gasteiger partial charge in [-0.15, -0.1) is 0 Å². The van der Waals surface area contributed by atoms with Crippen molar-refractivity contribution in [2.75, 3.05) is 19.8 Å². The summed E-state index contributed by atoms with van der Waals surface area (Å²) in [5.74, 6) is -0.434. The van der Waals surface area contributed by atoms with Crippen LogP contribution in [0, 0.1) is 0 Å². The number of hydrogen-bond donors (Lipinski definition) is 0. The molecule has 404 valence electrons. The highest BCUT2D eigenvalue weighted by atomic mass is 16.6. The third kappa shape index (κ3) is 57.7. The van der Waals surface area contributed by atoms with Gasteiger partial charge in [-0.2, -0.15) is 0 Å². The largest absolute Gasteiger partial charge is 0.462 e. The zero-order valence-corrected chi connectivity index (χ0v) is 46.5. The summed E-state index contributed by atoms with van der Waals surface area (Å²) >= 11 is 0. The minimum absolute atomic E-state index is 0.0633. The van der Waals surface area contributed by atoms with E-state index in [9.17, 15) is 9.59 Å². The first kappa shape index (κ1) is 67.1. The average molecular weight is 976 g/mol. The van der Waals surface area contributed by atoms with Crippen molar-refractivity contribution in [3.63, 3.8) is 0 Å². The predicted octanol–water partition coefficient (Wildman–Crippen LogP) is 20.8. The number of ether oxygens (including phenoxy) is 3. The third-order valence-corrected chi connectivity index (χ3v) is 12.9. The van der Waals surface area contributed by atoms with E-state index in [-0.39, 0.29) is 25.2 Å². The zero-order chi connectivity index (χ0) is 50.6. The first-order chi connectivity index (χ1) is 34.6. The summed E-state index contributed by atoms with van der Waals surface area (Å²) < 4.78 is 17.5. The van der Waals surface area contributed by atoms with Crippen molar-refractivity contribution in [1.29, 1.82) is 0 Å². The Balaban J connectivity index is 4.35. The van der Waals surface area contributed by atoms with Crippen LogP contribution in [0.25, 0.3) is 0 Å². The highest BCUT2D eigenvalue weighted by Crippen LogP contribution is 2.15. The summed E-state index contributed by atoms with van der Waals surface area (Å²) in [6.07, 6.45) is 80.4. The average Bonchev–Trinajstić information content (AvgIpc) is 3.36. The highest BCUT2D eigenvalue weighted by molar-refractivity contribution is 5.70. The molecule has 0 rings (SSSR count). The van der Waals surface area contributed by atoms with E-state index in [1.165, 1.54) is 167 Å². The van der Waals surface area contributed by atoms with Crippen molar-refractivity contribution >= 4 is 11.9 Å². The Morgan fingerprint density at radius 3 is 1.06 bits per heavy atom. The summed E-state index contributed by atoms with van der Waals surface area (Å²) in [6, 6.07) is 0. The molecule has 0 aliphatic rings. The van der Waals surface area contributed by atoms with E-state index >= 15 is 0 Å². The fourth-order valence-corrected chi connectivity index (χ4v) is 8.41. The van der Waals surface area contributed by atoms with E-state index in [0.29, 0.717) is 19.4 Å². The molecule has 0 saturated heterocycles. The summed E-state index contributed by atoms with van der Waals surface area (Å²) in [5.41, 5.74) is 0. The van der Waals surface area contributed by atoms with Crippen LogP contribution in [0.4, 0.5) is 0 Å². The fraction of sp³-hybridized carbons (Fsp3) is 0.754. The molecule has 0 aliphatic carbocycles. The van der Waals surface area contributed by atoms with Crippen molar-refractivity contribution < 1.29 is 23.8 Å². The second-order valence-corrected chi connectivity index (χ2v) is 19.9. The van der Waals surface area contributed by atoms with E-state index in [2.05, 4.69) is 106 Å². The van der Waals surface area contributed by atoms with Crippen molar-refractivity contribution in [2.24, 2.45) is 0 Å². The Morgan fingerprint density at radius 2 is 0.643 bits per heavy atom. The fourth-order valence-electron chi connectivity index (χ4n) is 8.41. The van der Waals surface area contributed by atoms with Crippen LogP contribution in [0.2, 0.25) is 0 Å². The van der Waals surface area contributed by atoms with Gasteiger partial charge in [-0.25, -0.2) is 0 Å². The summed E-state index contributed by atoms with van der Waals surface area (Å²) in [4.78, 5) is 25.6. The molecular formula is C65H114O5. The lowest BCUT2D eigenvalue weighted by Gasteiger charge is -2.18. The minimum Gasteiger partial charge on any atom is -0.462 e. The van der Waals surface area contributed by atoms with Crippen molar-refractivity contribution in [3.05, 3.63) is 85.1 Å². The first-order valence-corrected chi connectivity index (χ1v) is 30.1. The third-order valence-electron chi connectivity index (χ3n) is 12.9. The molecule has 5 nitrogen and oxygen atoms in total. The number of hydrogen-bond acceptors (Lipinski definition) is 5. The number of carbonyl (C=O) groups excluding carboxylic acids is 2. The van der Waals surface area contributed by atoms with E-state index < -0.39 is 6.10 Å². The standard InChI is InChI=1S/C65H114O5/c1-4-7-10-13-16-19-22-25-28-31-33-35-37-40-43-46-49-52-55-58-64(66)69-62-63(61-68-60-57-54-51-48-45-42-39-36-32-29-26-23-20-17-14-11-8-5-2)70-65(67)59-56-53-50-47-44-41-38-34-30-27-24-21-18-15-12-9-6-3/h7,10,16,19,25-30,33,35,40,43,63H,4-6,8-9,11-15,17-18,20-24,31-32,34,36-39,41-42,44-62H2,1-3H3/b10-7-,19-16-,28-25-,29-26-,30-27-,35-33-,43-40-. The molecule has 1 unspecified atom stereocenters. The topological polar surface area (TPSA) is 61.8 Å². The van der Waals surface area contributed by atoms with Gasteiger partial charge in [-0.3, -0.25) is 9.59 Å². The first-order valence-electron chi connectivity index (χ1n) is 30.1. The van der Waals surface area contributed by atoms with Crippen LogP contribution in [0.1, 0.15) is 290 Å². The smallest absolute Gasteiger partial charge is 0.306 e. The Labute approximate surface area is 435 Å². The number of carbonyl (C=O) groups is 2. The maximum atomic E-state index is 12.9. The van der Waals surface area contributed by atoms with Crippen LogP contribution >= 0.6 is 0 Å². The maximum Gasteiger partial charge on any atom is 0.306 e. The molecule has 1 atom stereocenters. The van der Waals surface area contributed by atoms with E-state index in [1.807, 2.05) is 0 Å². The molecule has 0 aliphatic heterocycles. The van der Waals surface area contributed by atoms with Crippen LogP contribution in [-0.4, -0.2) is 37.9 Å². The molecule has 0 aromatic carbocycles. The summed E-state index contributed by atoms with van der Waals surface area (Å²) in [5, 5.41) is 0. The van der Waals surface area contributed by atoms with E-state index in [4.69, 9.17) is 14.2 Å². The molecule has 0 fully saturated rings. The highest BCUT2D eigenvalue weighted by Gasteiger charge is 2.17. The maximum absolute atomic E-state index is 12.9. The van der Waals surface area contributed by atoms with Crippen LogP contribution in [-0.2, 0) is 23.8 Å². The molecule has 0 saturated carbocycles. The SMILES string of the molecule is CC/C=C\C/C=C\C/C=C\C/C=C\C/C=C\CCCCCC(=O)OCC(COCCCCCCCCCC/C=C\CCCCCCCC)OC(=O)CCCCCCCCC/C=C\CCCCCCCC. The van der Waals surface area contributed by atoms with E-state index in [0.717, 1.165) is 89.9 Å². The molecule has 0 spiro atoms. The van der Waals surface area contributed by atoms with Gasteiger partial charge in [0, 0.05) is 19.4 Å².